The van der Waals surface area contributed by atoms with E-state index in [-0.39, 0.29) is 0 Å². The molecule has 1 heterocycles. The van der Waals surface area contributed by atoms with Crippen LogP contribution >= 0.6 is 11.3 Å². The van der Waals surface area contributed by atoms with Gasteiger partial charge >= 0.3 is 6.18 Å². The van der Waals surface area contributed by atoms with Crippen LogP contribution in [0.15, 0.2) is 5.38 Å². The Bertz CT molecular complexity index is 328. The molecule has 0 saturated heterocycles. The Kier molecular flexibility index (Phi) is 3.40. The Hall–Kier alpha value is -0.620. The standard InChI is InChI=1S/C9H13F3N2S/c1-3-8(2,5-13)6-4-15-7(14-6)9(10,11)12/h4H,3,5,13H2,1-2H3. The Morgan fingerprint density at radius 1 is 1.47 bits per heavy atom. The molecule has 0 aliphatic carbocycles. The summed E-state index contributed by atoms with van der Waals surface area (Å²) >= 11 is 0.622. The molecule has 15 heavy (non-hydrogen) atoms. The van der Waals surface area contributed by atoms with E-state index in [0.717, 1.165) is 0 Å². The SMILES string of the molecule is CCC(C)(CN)c1csc(C(F)(F)F)n1. The highest BCUT2D eigenvalue weighted by Gasteiger charge is 2.36. The van der Waals surface area contributed by atoms with Crippen LogP contribution in [-0.2, 0) is 11.6 Å². The Labute approximate surface area is 90.3 Å². The molecule has 0 aliphatic heterocycles. The third kappa shape index (κ3) is 2.49. The van der Waals surface area contributed by atoms with Crippen molar-refractivity contribution in [2.45, 2.75) is 31.9 Å². The van der Waals surface area contributed by atoms with Crippen LogP contribution in [0.5, 0.6) is 0 Å². The molecule has 0 aliphatic rings. The van der Waals surface area contributed by atoms with Crippen molar-refractivity contribution < 1.29 is 13.2 Å². The van der Waals surface area contributed by atoms with Crippen molar-refractivity contribution >= 4 is 11.3 Å². The first-order chi connectivity index (χ1) is 6.83. The first kappa shape index (κ1) is 12.4. The highest BCUT2D eigenvalue weighted by molar-refractivity contribution is 7.09. The highest BCUT2D eigenvalue weighted by Crippen LogP contribution is 2.35. The molecule has 0 radical (unpaired) electrons. The summed E-state index contributed by atoms with van der Waals surface area (Å²) in [5.74, 6) is 0. The van der Waals surface area contributed by atoms with E-state index >= 15 is 0 Å². The van der Waals surface area contributed by atoms with Gasteiger partial charge in [-0.25, -0.2) is 4.98 Å². The quantitative estimate of drug-likeness (QED) is 0.879. The molecule has 0 bridgehead atoms. The largest absolute Gasteiger partial charge is 0.443 e. The number of alkyl halides is 3. The lowest BCUT2D eigenvalue weighted by molar-refractivity contribution is -0.137. The predicted octanol–water partition coefficient (Wildman–Crippen LogP) is 2.79. The lowest BCUT2D eigenvalue weighted by atomic mass is 9.85. The molecule has 2 nitrogen and oxygen atoms in total. The molecule has 0 spiro atoms. The first-order valence-electron chi connectivity index (χ1n) is 4.57. The number of hydrogen-bond acceptors (Lipinski definition) is 3. The maximum absolute atomic E-state index is 12.3. The summed E-state index contributed by atoms with van der Waals surface area (Å²) in [5.41, 5.74) is 5.53. The van der Waals surface area contributed by atoms with Gasteiger partial charge in [0.1, 0.15) is 0 Å². The van der Waals surface area contributed by atoms with Crippen molar-refractivity contribution in [2.24, 2.45) is 5.73 Å². The lowest BCUT2D eigenvalue weighted by Gasteiger charge is -2.23. The molecular formula is C9H13F3N2S. The normalized spacial score (nSPS) is 16.4. The summed E-state index contributed by atoms with van der Waals surface area (Å²) < 4.78 is 36.9. The van der Waals surface area contributed by atoms with Crippen LogP contribution in [0.2, 0.25) is 0 Å². The first-order valence-corrected chi connectivity index (χ1v) is 5.44. The molecule has 0 aromatic carbocycles. The minimum atomic E-state index is -4.35. The molecule has 1 atom stereocenters. The number of aromatic nitrogens is 1. The fraction of sp³-hybridized carbons (Fsp3) is 0.667. The van der Waals surface area contributed by atoms with Crippen molar-refractivity contribution in [3.05, 3.63) is 16.1 Å². The zero-order valence-corrected chi connectivity index (χ0v) is 9.37. The van der Waals surface area contributed by atoms with E-state index in [1.807, 2.05) is 13.8 Å². The number of hydrogen-bond donors (Lipinski definition) is 1. The number of thiazole rings is 1. The van der Waals surface area contributed by atoms with E-state index < -0.39 is 16.6 Å². The van der Waals surface area contributed by atoms with Crippen LogP contribution in [0.1, 0.15) is 31.0 Å². The summed E-state index contributed by atoms with van der Waals surface area (Å²) in [6.07, 6.45) is -3.68. The molecule has 2 N–H and O–H groups in total. The van der Waals surface area contributed by atoms with E-state index in [1.165, 1.54) is 5.38 Å². The highest BCUT2D eigenvalue weighted by atomic mass is 32.1. The summed E-state index contributed by atoms with van der Waals surface area (Å²) in [7, 11) is 0. The Morgan fingerprint density at radius 3 is 2.40 bits per heavy atom. The van der Waals surface area contributed by atoms with E-state index in [1.54, 1.807) is 0 Å². The van der Waals surface area contributed by atoms with Crippen molar-refractivity contribution in [1.29, 1.82) is 0 Å². The van der Waals surface area contributed by atoms with E-state index in [9.17, 15) is 13.2 Å². The average Bonchev–Trinajstić information content (AvgIpc) is 2.65. The smallest absolute Gasteiger partial charge is 0.330 e. The van der Waals surface area contributed by atoms with Crippen molar-refractivity contribution in [2.75, 3.05) is 6.54 Å². The van der Waals surface area contributed by atoms with Crippen LogP contribution in [0.3, 0.4) is 0 Å². The minimum absolute atomic E-state index is 0.296. The van der Waals surface area contributed by atoms with Crippen LogP contribution in [0.25, 0.3) is 0 Å². The second kappa shape index (κ2) is 4.09. The lowest BCUT2D eigenvalue weighted by Crippen LogP contribution is -2.31. The maximum atomic E-state index is 12.3. The molecule has 0 amide bonds. The van der Waals surface area contributed by atoms with Gasteiger partial charge in [0.25, 0.3) is 0 Å². The summed E-state index contributed by atoms with van der Waals surface area (Å²) in [6.45, 7) is 4.01. The molecule has 1 rings (SSSR count). The maximum Gasteiger partial charge on any atom is 0.443 e. The fourth-order valence-electron chi connectivity index (χ4n) is 1.11. The van der Waals surface area contributed by atoms with Gasteiger partial charge in [0.15, 0.2) is 5.01 Å². The van der Waals surface area contributed by atoms with Gasteiger partial charge < -0.3 is 5.73 Å². The molecule has 1 aromatic rings. The predicted molar refractivity (Wildman–Crippen MR) is 53.8 cm³/mol. The molecular weight excluding hydrogens is 225 g/mol. The van der Waals surface area contributed by atoms with Gasteiger partial charge in [0.05, 0.1) is 5.69 Å². The van der Waals surface area contributed by atoms with Gasteiger partial charge in [-0.05, 0) is 6.42 Å². The number of nitrogens with two attached hydrogens (primary N) is 1. The molecule has 86 valence electrons. The fourth-order valence-corrected chi connectivity index (χ4v) is 1.96. The number of halogens is 3. The Balaban J connectivity index is 3.03. The topological polar surface area (TPSA) is 38.9 Å². The van der Waals surface area contributed by atoms with Gasteiger partial charge in [-0.15, -0.1) is 11.3 Å². The Morgan fingerprint density at radius 2 is 2.07 bits per heavy atom. The summed E-state index contributed by atoms with van der Waals surface area (Å²) in [5, 5.41) is 0.643. The van der Waals surface area contributed by atoms with Crippen molar-refractivity contribution in [3.63, 3.8) is 0 Å². The van der Waals surface area contributed by atoms with Crippen molar-refractivity contribution in [1.82, 2.24) is 4.98 Å². The van der Waals surface area contributed by atoms with E-state index in [4.69, 9.17) is 5.73 Å². The molecule has 1 unspecified atom stereocenters. The van der Waals surface area contributed by atoms with Gasteiger partial charge in [-0.2, -0.15) is 13.2 Å². The molecule has 0 saturated carbocycles. The van der Waals surface area contributed by atoms with Gasteiger partial charge in [-0.3, -0.25) is 0 Å². The average molecular weight is 238 g/mol. The van der Waals surface area contributed by atoms with Gasteiger partial charge in [0.2, 0.25) is 0 Å². The summed E-state index contributed by atoms with van der Waals surface area (Å²) in [4.78, 5) is 3.61. The van der Waals surface area contributed by atoms with Crippen LogP contribution < -0.4 is 5.73 Å². The third-order valence-electron chi connectivity index (χ3n) is 2.60. The minimum Gasteiger partial charge on any atom is -0.330 e. The monoisotopic (exact) mass is 238 g/mol. The second-order valence-electron chi connectivity index (χ2n) is 3.65. The van der Waals surface area contributed by atoms with E-state index in [2.05, 4.69) is 4.98 Å². The van der Waals surface area contributed by atoms with Crippen LogP contribution in [0.4, 0.5) is 13.2 Å². The zero-order valence-electron chi connectivity index (χ0n) is 8.56. The van der Waals surface area contributed by atoms with Crippen molar-refractivity contribution in [3.8, 4) is 0 Å². The zero-order chi connectivity index (χ0) is 11.7. The van der Waals surface area contributed by atoms with Gasteiger partial charge in [0, 0.05) is 17.3 Å². The number of nitrogens with zero attached hydrogens (tertiary/aromatic N) is 1. The molecule has 1 aromatic heterocycles. The number of rotatable bonds is 3. The molecule has 0 fully saturated rings. The second-order valence-corrected chi connectivity index (χ2v) is 4.51. The third-order valence-corrected chi connectivity index (χ3v) is 3.48. The summed E-state index contributed by atoms with van der Waals surface area (Å²) in [6, 6.07) is 0. The van der Waals surface area contributed by atoms with E-state index in [0.29, 0.717) is 30.0 Å². The van der Waals surface area contributed by atoms with Crippen LogP contribution in [0, 0.1) is 0 Å². The molecule has 6 heteroatoms. The van der Waals surface area contributed by atoms with Crippen LogP contribution in [-0.4, -0.2) is 11.5 Å². The van der Waals surface area contributed by atoms with Gasteiger partial charge in [-0.1, -0.05) is 13.8 Å².